The van der Waals surface area contributed by atoms with Gasteiger partial charge in [-0.2, -0.15) is 0 Å². The van der Waals surface area contributed by atoms with Crippen LogP contribution in [0.2, 0.25) is 0 Å². The molecule has 0 heterocycles. The van der Waals surface area contributed by atoms with Gasteiger partial charge in [-0.3, -0.25) is 0 Å². The lowest BCUT2D eigenvalue weighted by Crippen LogP contribution is -2.36. The summed E-state index contributed by atoms with van der Waals surface area (Å²) in [6.07, 6.45) is 1.01. The van der Waals surface area contributed by atoms with Crippen LogP contribution in [-0.2, 0) is 0 Å². The zero-order valence-corrected chi connectivity index (χ0v) is 11.8. The van der Waals surface area contributed by atoms with Crippen LogP contribution in [0.25, 0.3) is 0 Å². The van der Waals surface area contributed by atoms with E-state index in [9.17, 15) is 0 Å². The van der Waals surface area contributed by atoms with Crippen molar-refractivity contribution in [3.63, 3.8) is 0 Å². The smallest absolute Gasteiger partial charge is 0.133 e. The Hall–Kier alpha value is -0.540. The van der Waals surface area contributed by atoms with Gasteiger partial charge in [-0.15, -0.1) is 0 Å². The van der Waals surface area contributed by atoms with Gasteiger partial charge in [-0.25, -0.2) is 0 Å². The molecule has 0 fully saturated rings. The monoisotopic (exact) mass is 285 g/mol. The summed E-state index contributed by atoms with van der Waals surface area (Å²) in [6.45, 7) is 8.23. The van der Waals surface area contributed by atoms with E-state index in [1.54, 1.807) is 0 Å². The Balaban J connectivity index is 2.19. The molecule has 3 heteroatoms. The number of hydrogen-bond acceptors (Lipinski definition) is 2. The maximum atomic E-state index is 5.66. The highest BCUT2D eigenvalue weighted by atomic mass is 79.9. The first kappa shape index (κ1) is 13.5. The normalized spacial score (nSPS) is 11.5. The Morgan fingerprint density at radius 2 is 1.94 bits per heavy atom. The van der Waals surface area contributed by atoms with Crippen LogP contribution in [-0.4, -0.2) is 18.7 Å². The Kier molecular flexibility index (Phi) is 5.29. The number of rotatable bonds is 5. The van der Waals surface area contributed by atoms with Crippen molar-refractivity contribution in [3.8, 4) is 5.75 Å². The molecule has 0 unspecified atom stereocenters. The van der Waals surface area contributed by atoms with Crippen LogP contribution in [0.5, 0.6) is 5.75 Å². The third-order valence-electron chi connectivity index (χ3n) is 2.07. The summed E-state index contributed by atoms with van der Waals surface area (Å²) in [5.74, 6) is 0.915. The van der Waals surface area contributed by atoms with Gasteiger partial charge in [0.1, 0.15) is 5.75 Å². The molecule has 0 radical (unpaired) electrons. The molecule has 0 aliphatic heterocycles. The van der Waals surface area contributed by atoms with Gasteiger partial charge in [0.25, 0.3) is 0 Å². The summed E-state index contributed by atoms with van der Waals surface area (Å²) in [5, 5.41) is 3.43. The average molecular weight is 286 g/mol. The van der Waals surface area contributed by atoms with E-state index in [-0.39, 0.29) is 5.54 Å². The highest BCUT2D eigenvalue weighted by molar-refractivity contribution is 9.10. The number of benzene rings is 1. The van der Waals surface area contributed by atoms with Crippen LogP contribution < -0.4 is 10.1 Å². The van der Waals surface area contributed by atoms with Crippen LogP contribution in [0.1, 0.15) is 27.2 Å². The Bertz CT molecular complexity index is 320. The zero-order chi connectivity index (χ0) is 12.0. The lowest BCUT2D eigenvalue weighted by atomic mass is 10.1. The number of para-hydroxylation sites is 1. The summed E-state index contributed by atoms with van der Waals surface area (Å²) in [5.41, 5.74) is 0.188. The Labute approximate surface area is 107 Å². The molecule has 0 saturated heterocycles. The summed E-state index contributed by atoms with van der Waals surface area (Å²) in [7, 11) is 0. The molecule has 0 amide bonds. The Morgan fingerprint density at radius 3 is 2.56 bits per heavy atom. The first-order valence-electron chi connectivity index (χ1n) is 5.61. The van der Waals surface area contributed by atoms with Gasteiger partial charge >= 0.3 is 0 Å². The Morgan fingerprint density at radius 1 is 1.25 bits per heavy atom. The van der Waals surface area contributed by atoms with Gasteiger partial charge < -0.3 is 10.1 Å². The number of halogens is 1. The molecule has 0 spiro atoms. The molecule has 1 aromatic carbocycles. The summed E-state index contributed by atoms with van der Waals surface area (Å²) in [4.78, 5) is 0. The first-order valence-corrected chi connectivity index (χ1v) is 6.41. The zero-order valence-electron chi connectivity index (χ0n) is 10.2. The lowest BCUT2D eigenvalue weighted by Gasteiger charge is -2.20. The van der Waals surface area contributed by atoms with Crippen molar-refractivity contribution in [2.24, 2.45) is 0 Å². The second kappa shape index (κ2) is 6.26. The fraction of sp³-hybridized carbons (Fsp3) is 0.538. The van der Waals surface area contributed by atoms with E-state index in [0.29, 0.717) is 0 Å². The number of hydrogen-bond donors (Lipinski definition) is 1. The molecule has 0 saturated carbocycles. The van der Waals surface area contributed by atoms with Gasteiger partial charge in [-0.1, -0.05) is 12.1 Å². The number of ether oxygens (including phenoxy) is 1. The second-order valence-electron chi connectivity index (χ2n) is 4.81. The summed E-state index contributed by atoms with van der Waals surface area (Å²) in [6, 6.07) is 7.93. The van der Waals surface area contributed by atoms with Crippen molar-refractivity contribution in [2.45, 2.75) is 32.7 Å². The summed E-state index contributed by atoms with van der Waals surface area (Å²) >= 11 is 3.46. The highest BCUT2D eigenvalue weighted by Crippen LogP contribution is 2.23. The van der Waals surface area contributed by atoms with E-state index in [2.05, 4.69) is 42.0 Å². The quantitative estimate of drug-likeness (QED) is 0.835. The molecular weight excluding hydrogens is 266 g/mol. The van der Waals surface area contributed by atoms with Gasteiger partial charge in [0.15, 0.2) is 0 Å². The van der Waals surface area contributed by atoms with Crippen LogP contribution in [0, 0.1) is 0 Å². The van der Waals surface area contributed by atoms with E-state index in [4.69, 9.17) is 4.74 Å². The molecular formula is C13H20BrNO. The van der Waals surface area contributed by atoms with E-state index in [1.165, 1.54) is 0 Å². The molecule has 1 N–H and O–H groups in total. The fourth-order valence-electron chi connectivity index (χ4n) is 1.28. The maximum absolute atomic E-state index is 5.66. The van der Waals surface area contributed by atoms with Crippen molar-refractivity contribution in [2.75, 3.05) is 13.2 Å². The standard InChI is InChI=1S/C13H20BrNO/c1-13(2,3)15-9-6-10-16-12-8-5-4-7-11(12)14/h4-5,7-8,15H,6,9-10H2,1-3H3. The molecule has 0 atom stereocenters. The third-order valence-corrected chi connectivity index (χ3v) is 2.73. The van der Waals surface area contributed by atoms with Crippen molar-refractivity contribution in [1.29, 1.82) is 0 Å². The van der Waals surface area contributed by atoms with E-state index < -0.39 is 0 Å². The molecule has 0 aliphatic carbocycles. The molecule has 0 aromatic heterocycles. The topological polar surface area (TPSA) is 21.3 Å². The molecule has 16 heavy (non-hydrogen) atoms. The van der Waals surface area contributed by atoms with Gasteiger partial charge in [0.2, 0.25) is 0 Å². The number of nitrogens with one attached hydrogen (secondary N) is 1. The minimum Gasteiger partial charge on any atom is -0.492 e. The van der Waals surface area contributed by atoms with Crippen molar-refractivity contribution < 1.29 is 4.74 Å². The van der Waals surface area contributed by atoms with Crippen molar-refractivity contribution in [1.82, 2.24) is 5.32 Å². The van der Waals surface area contributed by atoms with E-state index >= 15 is 0 Å². The molecule has 0 aliphatic rings. The van der Waals surface area contributed by atoms with Gasteiger partial charge in [0.05, 0.1) is 11.1 Å². The second-order valence-corrected chi connectivity index (χ2v) is 5.66. The van der Waals surface area contributed by atoms with Crippen LogP contribution in [0.3, 0.4) is 0 Å². The fourth-order valence-corrected chi connectivity index (χ4v) is 1.68. The van der Waals surface area contributed by atoms with Gasteiger partial charge in [0, 0.05) is 5.54 Å². The SMILES string of the molecule is CC(C)(C)NCCCOc1ccccc1Br. The average Bonchev–Trinajstić information content (AvgIpc) is 2.18. The van der Waals surface area contributed by atoms with Gasteiger partial charge in [-0.05, 0) is 61.8 Å². The molecule has 0 bridgehead atoms. The lowest BCUT2D eigenvalue weighted by molar-refractivity contribution is 0.296. The summed E-state index contributed by atoms with van der Waals surface area (Å²) < 4.78 is 6.68. The minimum absolute atomic E-state index is 0.188. The van der Waals surface area contributed by atoms with Crippen LogP contribution >= 0.6 is 15.9 Å². The maximum Gasteiger partial charge on any atom is 0.133 e. The highest BCUT2D eigenvalue weighted by Gasteiger charge is 2.07. The largest absolute Gasteiger partial charge is 0.492 e. The van der Waals surface area contributed by atoms with E-state index in [1.807, 2.05) is 24.3 Å². The molecule has 2 nitrogen and oxygen atoms in total. The first-order chi connectivity index (χ1) is 7.49. The van der Waals surface area contributed by atoms with Crippen molar-refractivity contribution in [3.05, 3.63) is 28.7 Å². The molecule has 1 rings (SSSR count). The van der Waals surface area contributed by atoms with Crippen molar-refractivity contribution >= 4 is 15.9 Å². The van der Waals surface area contributed by atoms with Crippen LogP contribution in [0.4, 0.5) is 0 Å². The third kappa shape index (κ3) is 5.52. The predicted molar refractivity (Wildman–Crippen MR) is 72.0 cm³/mol. The predicted octanol–water partition coefficient (Wildman–Crippen LogP) is 3.61. The molecule has 1 aromatic rings. The minimum atomic E-state index is 0.188. The van der Waals surface area contributed by atoms with E-state index in [0.717, 1.165) is 29.8 Å². The molecule has 90 valence electrons. The van der Waals surface area contributed by atoms with Crippen LogP contribution in [0.15, 0.2) is 28.7 Å².